The van der Waals surface area contributed by atoms with Crippen molar-refractivity contribution >= 4 is 23.7 Å². The molecule has 6 nitrogen and oxygen atoms in total. The van der Waals surface area contributed by atoms with Gasteiger partial charge in [-0.1, -0.05) is 24.3 Å². The van der Waals surface area contributed by atoms with E-state index in [1.165, 1.54) is 55.7 Å². The SMILES string of the molecule is [2H]C([2H])([2H])Oc1cc(/C=C/C(=O)CC(=O)/C=C/c2ccc(O)c(OC)c2)ccc1O. The van der Waals surface area contributed by atoms with E-state index in [4.69, 9.17) is 8.85 Å². The Bertz CT molecular complexity index is 993. The Hall–Kier alpha value is -3.54. The number of rotatable bonds is 8. The second-order valence-electron chi connectivity index (χ2n) is 5.54. The van der Waals surface area contributed by atoms with Crippen molar-refractivity contribution in [1.82, 2.24) is 0 Å². The summed E-state index contributed by atoms with van der Waals surface area (Å²) in [5.41, 5.74) is 1.03. The van der Waals surface area contributed by atoms with E-state index in [2.05, 4.69) is 4.74 Å². The summed E-state index contributed by atoms with van der Waals surface area (Å²) < 4.78 is 30.9. The van der Waals surface area contributed by atoms with E-state index < -0.39 is 18.6 Å². The number of allylic oxidation sites excluding steroid dienone is 2. The molecule has 27 heavy (non-hydrogen) atoms. The van der Waals surface area contributed by atoms with Crippen molar-refractivity contribution in [2.75, 3.05) is 14.1 Å². The highest BCUT2D eigenvalue weighted by molar-refractivity contribution is 6.10. The molecule has 0 unspecified atom stereocenters. The number of phenols is 2. The van der Waals surface area contributed by atoms with Gasteiger partial charge in [0.2, 0.25) is 0 Å². The Balaban J connectivity index is 1.99. The predicted octanol–water partition coefficient (Wildman–Crippen LogP) is 3.37. The molecule has 0 saturated carbocycles. The van der Waals surface area contributed by atoms with Crippen LogP contribution in [0.5, 0.6) is 23.0 Å². The zero-order valence-electron chi connectivity index (χ0n) is 17.5. The van der Waals surface area contributed by atoms with Gasteiger partial charge in [0.05, 0.1) is 24.7 Å². The smallest absolute Gasteiger partial charge is 0.163 e. The largest absolute Gasteiger partial charge is 0.504 e. The van der Waals surface area contributed by atoms with E-state index in [-0.39, 0.29) is 29.4 Å². The molecule has 2 N–H and O–H groups in total. The number of ether oxygens (including phenoxy) is 2. The monoisotopic (exact) mass is 371 g/mol. The number of carbonyl (C=O) groups excluding carboxylic acids is 2. The summed E-state index contributed by atoms with van der Waals surface area (Å²) in [6.45, 7) is 0. The van der Waals surface area contributed by atoms with Crippen molar-refractivity contribution < 1.29 is 33.4 Å². The molecule has 0 spiro atoms. The van der Waals surface area contributed by atoms with Crippen LogP contribution in [-0.2, 0) is 9.59 Å². The Morgan fingerprint density at radius 3 is 1.85 bits per heavy atom. The van der Waals surface area contributed by atoms with Crippen LogP contribution >= 0.6 is 0 Å². The molecule has 0 heterocycles. The second kappa shape index (κ2) is 9.24. The molecule has 0 radical (unpaired) electrons. The molecule has 0 amide bonds. The summed E-state index contributed by atoms with van der Waals surface area (Å²) in [5.74, 6) is -1.23. The molecule has 6 heteroatoms. The van der Waals surface area contributed by atoms with Crippen molar-refractivity contribution in [3.05, 3.63) is 59.7 Å². The van der Waals surface area contributed by atoms with Crippen LogP contribution in [0.25, 0.3) is 12.2 Å². The lowest BCUT2D eigenvalue weighted by Crippen LogP contribution is -2.01. The van der Waals surface area contributed by atoms with E-state index in [0.29, 0.717) is 11.1 Å². The Kier molecular flexibility index (Phi) is 5.37. The summed E-state index contributed by atoms with van der Waals surface area (Å²) >= 11 is 0. The minimum Gasteiger partial charge on any atom is -0.504 e. The van der Waals surface area contributed by atoms with Crippen LogP contribution in [0.3, 0.4) is 0 Å². The lowest BCUT2D eigenvalue weighted by atomic mass is 10.1. The van der Waals surface area contributed by atoms with Crippen molar-refractivity contribution in [3.63, 3.8) is 0 Å². The van der Waals surface area contributed by atoms with Gasteiger partial charge < -0.3 is 19.7 Å². The van der Waals surface area contributed by atoms with Crippen LogP contribution in [0.4, 0.5) is 0 Å². The highest BCUT2D eigenvalue weighted by Crippen LogP contribution is 2.27. The highest BCUT2D eigenvalue weighted by Gasteiger charge is 2.06. The molecule has 0 saturated heterocycles. The molecule has 2 aromatic rings. The topological polar surface area (TPSA) is 93.1 Å². The zero-order valence-corrected chi connectivity index (χ0v) is 14.5. The van der Waals surface area contributed by atoms with Crippen molar-refractivity contribution in [2.24, 2.45) is 0 Å². The number of ketones is 2. The molecule has 0 atom stereocenters. The summed E-state index contributed by atoms with van der Waals surface area (Å²) in [6, 6.07) is 8.54. The first kappa shape index (κ1) is 15.7. The van der Waals surface area contributed by atoms with Gasteiger partial charge in [0.15, 0.2) is 34.6 Å². The molecular formula is C21H20O6. The molecular weight excluding hydrogens is 348 g/mol. The van der Waals surface area contributed by atoms with Gasteiger partial charge >= 0.3 is 0 Å². The van der Waals surface area contributed by atoms with E-state index in [9.17, 15) is 19.8 Å². The minimum absolute atomic E-state index is 0.0250. The fourth-order valence-corrected chi connectivity index (χ4v) is 2.18. The van der Waals surface area contributed by atoms with Crippen LogP contribution in [-0.4, -0.2) is 35.9 Å². The zero-order chi connectivity index (χ0) is 22.3. The van der Waals surface area contributed by atoms with Crippen molar-refractivity contribution in [3.8, 4) is 23.0 Å². The summed E-state index contributed by atoms with van der Waals surface area (Å²) in [6.07, 6.45) is 4.95. The van der Waals surface area contributed by atoms with Crippen LogP contribution in [0.15, 0.2) is 48.6 Å². The van der Waals surface area contributed by atoms with Gasteiger partial charge in [-0.25, -0.2) is 0 Å². The van der Waals surface area contributed by atoms with Gasteiger partial charge in [0.25, 0.3) is 0 Å². The molecule has 0 bridgehead atoms. The maximum absolute atomic E-state index is 12.0. The summed E-state index contributed by atoms with van der Waals surface area (Å²) in [4.78, 5) is 24.0. The second-order valence-corrected chi connectivity index (χ2v) is 5.54. The average molecular weight is 371 g/mol. The first-order valence-electron chi connectivity index (χ1n) is 9.38. The number of benzene rings is 2. The van der Waals surface area contributed by atoms with E-state index >= 15 is 0 Å². The van der Waals surface area contributed by atoms with E-state index in [1.54, 1.807) is 12.1 Å². The maximum Gasteiger partial charge on any atom is 0.163 e. The molecule has 2 rings (SSSR count). The average Bonchev–Trinajstić information content (AvgIpc) is 2.67. The first-order chi connectivity index (χ1) is 14.1. The van der Waals surface area contributed by atoms with Gasteiger partial charge in [-0.3, -0.25) is 9.59 Å². The lowest BCUT2D eigenvalue weighted by Gasteiger charge is -2.03. The van der Waals surface area contributed by atoms with Crippen LogP contribution in [0.2, 0.25) is 0 Å². The molecule has 140 valence electrons. The number of hydrogen-bond donors (Lipinski definition) is 2. The highest BCUT2D eigenvalue weighted by atomic mass is 16.5. The Morgan fingerprint density at radius 1 is 0.926 bits per heavy atom. The molecule has 0 aliphatic carbocycles. The standard InChI is InChI=1S/C21H20O6/c1-26-20-11-14(5-9-18(20)24)3-7-16(22)13-17(23)8-4-15-6-10-19(25)21(12-15)27-2/h3-12,24-25H,13H2,1-2H3/b7-3+,8-4+/i1D3. The number of aromatic hydroxyl groups is 2. The van der Waals surface area contributed by atoms with Crippen LogP contribution < -0.4 is 9.47 Å². The van der Waals surface area contributed by atoms with Gasteiger partial charge in [-0.2, -0.15) is 0 Å². The first-order valence-corrected chi connectivity index (χ1v) is 7.88. The third-order valence-corrected chi connectivity index (χ3v) is 3.57. The number of methoxy groups -OCH3 is 2. The van der Waals surface area contributed by atoms with Gasteiger partial charge in [0.1, 0.15) is 0 Å². The summed E-state index contributed by atoms with van der Waals surface area (Å²) in [5, 5.41) is 19.2. The molecule has 0 fully saturated rings. The quantitative estimate of drug-likeness (QED) is 0.546. The minimum atomic E-state index is -2.73. The number of hydrogen-bond acceptors (Lipinski definition) is 6. The van der Waals surface area contributed by atoms with E-state index in [0.717, 1.165) is 0 Å². The number of carbonyl (C=O) groups is 2. The molecule has 2 aromatic carbocycles. The normalized spacial score (nSPS) is 13.1. The lowest BCUT2D eigenvalue weighted by molar-refractivity contribution is -0.121. The molecule has 0 aliphatic heterocycles. The third-order valence-electron chi connectivity index (χ3n) is 3.57. The Morgan fingerprint density at radius 2 is 1.41 bits per heavy atom. The van der Waals surface area contributed by atoms with Crippen LogP contribution in [0.1, 0.15) is 21.7 Å². The maximum atomic E-state index is 12.0. The van der Waals surface area contributed by atoms with Gasteiger partial charge in [0, 0.05) is 0 Å². The molecule has 0 aromatic heterocycles. The van der Waals surface area contributed by atoms with Gasteiger partial charge in [-0.05, 0) is 47.5 Å². The van der Waals surface area contributed by atoms with Crippen LogP contribution in [0, 0.1) is 0 Å². The predicted molar refractivity (Wildman–Crippen MR) is 102 cm³/mol. The summed E-state index contributed by atoms with van der Waals surface area (Å²) in [7, 11) is -1.32. The van der Waals surface area contributed by atoms with Crippen molar-refractivity contribution in [1.29, 1.82) is 0 Å². The van der Waals surface area contributed by atoms with E-state index in [1.807, 2.05) is 0 Å². The third kappa shape index (κ3) is 5.74. The Labute approximate surface area is 161 Å². The fraction of sp³-hybridized carbons (Fsp3) is 0.143. The molecule has 0 aliphatic rings. The number of phenolic OH excluding ortho intramolecular Hbond substituents is 2. The van der Waals surface area contributed by atoms with Gasteiger partial charge in [-0.15, -0.1) is 0 Å². The fourth-order valence-electron chi connectivity index (χ4n) is 2.18. The van der Waals surface area contributed by atoms with Crippen molar-refractivity contribution in [2.45, 2.75) is 6.42 Å².